The summed E-state index contributed by atoms with van der Waals surface area (Å²) in [5.74, 6) is 0. The highest BCUT2D eigenvalue weighted by Crippen LogP contribution is 2.13. The fourth-order valence-corrected chi connectivity index (χ4v) is 1.59. The van der Waals surface area contributed by atoms with Gasteiger partial charge in [-0.1, -0.05) is 0 Å². The number of hydrogen-bond acceptors (Lipinski definition) is 3. The summed E-state index contributed by atoms with van der Waals surface area (Å²) in [5.41, 5.74) is -0.0582. The molecule has 0 aromatic heterocycles. The van der Waals surface area contributed by atoms with Gasteiger partial charge >= 0.3 is 0 Å². The molecule has 0 aliphatic rings. The Labute approximate surface area is 98.7 Å². The standard InChI is InChI=1S/C11H24ClNO2/c1-11(2,15-5)6-7-13(3)8-10(12)9-14-4/h10H,6-9H2,1-5H3. The number of halogens is 1. The van der Waals surface area contributed by atoms with E-state index in [0.717, 1.165) is 19.5 Å². The van der Waals surface area contributed by atoms with Crippen LogP contribution in [0.4, 0.5) is 0 Å². The van der Waals surface area contributed by atoms with Crippen molar-refractivity contribution in [1.82, 2.24) is 4.90 Å². The third-order valence-corrected chi connectivity index (χ3v) is 2.77. The molecule has 0 spiro atoms. The van der Waals surface area contributed by atoms with Gasteiger partial charge in [0.1, 0.15) is 0 Å². The van der Waals surface area contributed by atoms with Crippen molar-refractivity contribution in [2.24, 2.45) is 0 Å². The Morgan fingerprint density at radius 2 is 1.93 bits per heavy atom. The Kier molecular flexibility index (Phi) is 7.53. The zero-order valence-corrected chi connectivity index (χ0v) is 11.3. The molecule has 4 heteroatoms. The Balaban J connectivity index is 3.69. The van der Waals surface area contributed by atoms with Crippen LogP contribution >= 0.6 is 11.6 Å². The summed E-state index contributed by atoms with van der Waals surface area (Å²) in [4.78, 5) is 2.21. The van der Waals surface area contributed by atoms with Crippen molar-refractivity contribution in [3.8, 4) is 0 Å². The minimum atomic E-state index is -0.0582. The van der Waals surface area contributed by atoms with Gasteiger partial charge in [-0.05, 0) is 27.3 Å². The lowest BCUT2D eigenvalue weighted by molar-refractivity contribution is 0.00885. The van der Waals surface area contributed by atoms with E-state index < -0.39 is 0 Å². The second-order valence-corrected chi connectivity index (χ2v) is 5.15. The van der Waals surface area contributed by atoms with Gasteiger partial charge in [0.15, 0.2) is 0 Å². The molecule has 0 aromatic carbocycles. The van der Waals surface area contributed by atoms with Gasteiger partial charge in [0.25, 0.3) is 0 Å². The SMILES string of the molecule is COCC(Cl)CN(C)CCC(C)(C)OC. The van der Waals surface area contributed by atoms with E-state index >= 15 is 0 Å². The smallest absolute Gasteiger partial charge is 0.0696 e. The number of methoxy groups -OCH3 is 2. The van der Waals surface area contributed by atoms with Crippen LogP contribution in [0.5, 0.6) is 0 Å². The molecule has 3 nitrogen and oxygen atoms in total. The van der Waals surface area contributed by atoms with Gasteiger partial charge in [0.2, 0.25) is 0 Å². The summed E-state index contributed by atoms with van der Waals surface area (Å²) in [6, 6.07) is 0. The lowest BCUT2D eigenvalue weighted by Gasteiger charge is -2.27. The van der Waals surface area contributed by atoms with Crippen molar-refractivity contribution in [2.45, 2.75) is 31.2 Å². The molecule has 0 fully saturated rings. The Hall–Kier alpha value is 0.170. The second kappa shape index (κ2) is 7.44. The Morgan fingerprint density at radius 1 is 1.33 bits per heavy atom. The number of hydrogen-bond donors (Lipinski definition) is 0. The third kappa shape index (κ3) is 8.03. The van der Waals surface area contributed by atoms with Crippen LogP contribution in [-0.4, -0.2) is 56.8 Å². The van der Waals surface area contributed by atoms with Crippen molar-refractivity contribution < 1.29 is 9.47 Å². The maximum Gasteiger partial charge on any atom is 0.0696 e. The van der Waals surface area contributed by atoms with Crippen molar-refractivity contribution in [1.29, 1.82) is 0 Å². The lowest BCUT2D eigenvalue weighted by Crippen LogP contribution is -2.34. The normalized spacial score (nSPS) is 14.6. The molecule has 0 radical (unpaired) electrons. The van der Waals surface area contributed by atoms with Gasteiger partial charge in [0.05, 0.1) is 17.6 Å². The Morgan fingerprint density at radius 3 is 2.40 bits per heavy atom. The molecule has 0 saturated carbocycles. The lowest BCUT2D eigenvalue weighted by atomic mass is 10.1. The first-order valence-electron chi connectivity index (χ1n) is 5.28. The number of rotatable bonds is 8. The fraction of sp³-hybridized carbons (Fsp3) is 1.00. The summed E-state index contributed by atoms with van der Waals surface area (Å²) in [7, 11) is 5.48. The monoisotopic (exact) mass is 237 g/mol. The molecule has 0 rings (SSSR count). The van der Waals surface area contributed by atoms with Crippen molar-refractivity contribution in [2.75, 3.05) is 41.0 Å². The number of nitrogens with zero attached hydrogens (tertiary/aromatic N) is 1. The molecular formula is C11H24ClNO2. The summed E-state index contributed by atoms with van der Waals surface area (Å²) in [6.07, 6.45) is 0.997. The van der Waals surface area contributed by atoms with Gasteiger partial charge < -0.3 is 14.4 Å². The molecule has 1 atom stereocenters. The third-order valence-electron chi connectivity index (χ3n) is 2.51. The predicted octanol–water partition coefficient (Wildman–Crippen LogP) is 1.99. The van der Waals surface area contributed by atoms with Crippen LogP contribution in [0.15, 0.2) is 0 Å². The van der Waals surface area contributed by atoms with E-state index in [9.17, 15) is 0 Å². The van der Waals surface area contributed by atoms with Gasteiger partial charge in [0, 0.05) is 27.3 Å². The van der Waals surface area contributed by atoms with Crippen molar-refractivity contribution in [3.05, 3.63) is 0 Å². The molecule has 0 bridgehead atoms. The maximum atomic E-state index is 6.06. The average Bonchev–Trinajstić information content (AvgIpc) is 2.15. The summed E-state index contributed by atoms with van der Waals surface area (Å²) >= 11 is 6.06. The van der Waals surface area contributed by atoms with E-state index in [-0.39, 0.29) is 11.0 Å². The second-order valence-electron chi connectivity index (χ2n) is 4.53. The van der Waals surface area contributed by atoms with E-state index in [1.54, 1.807) is 14.2 Å². The van der Waals surface area contributed by atoms with E-state index in [1.807, 2.05) is 0 Å². The summed E-state index contributed by atoms with van der Waals surface area (Å²) < 4.78 is 10.3. The number of alkyl halides is 1. The first-order chi connectivity index (χ1) is 6.91. The zero-order chi connectivity index (χ0) is 11.9. The molecule has 0 aliphatic carbocycles. The van der Waals surface area contributed by atoms with Crippen LogP contribution in [0.2, 0.25) is 0 Å². The molecule has 0 aromatic rings. The van der Waals surface area contributed by atoms with Crippen LogP contribution in [0.1, 0.15) is 20.3 Å². The minimum Gasteiger partial charge on any atom is -0.383 e. The molecular weight excluding hydrogens is 214 g/mol. The van der Waals surface area contributed by atoms with Crippen LogP contribution in [-0.2, 0) is 9.47 Å². The molecule has 92 valence electrons. The predicted molar refractivity (Wildman–Crippen MR) is 64.7 cm³/mol. The van der Waals surface area contributed by atoms with Crippen molar-refractivity contribution >= 4 is 11.6 Å². The van der Waals surface area contributed by atoms with Gasteiger partial charge in [-0.2, -0.15) is 0 Å². The highest BCUT2D eigenvalue weighted by atomic mass is 35.5. The van der Waals surface area contributed by atoms with Crippen LogP contribution in [0, 0.1) is 0 Å². The molecule has 0 heterocycles. The van der Waals surface area contributed by atoms with E-state index in [2.05, 4.69) is 25.8 Å². The largest absolute Gasteiger partial charge is 0.383 e. The molecule has 0 aliphatic heterocycles. The zero-order valence-electron chi connectivity index (χ0n) is 10.5. The average molecular weight is 238 g/mol. The molecule has 0 amide bonds. The highest BCUT2D eigenvalue weighted by Gasteiger charge is 2.17. The van der Waals surface area contributed by atoms with Gasteiger partial charge in [-0.3, -0.25) is 0 Å². The van der Waals surface area contributed by atoms with E-state index in [1.165, 1.54) is 0 Å². The Bertz CT molecular complexity index is 165. The summed E-state index contributed by atoms with van der Waals surface area (Å²) in [6.45, 7) is 6.60. The van der Waals surface area contributed by atoms with Crippen LogP contribution in [0.25, 0.3) is 0 Å². The van der Waals surface area contributed by atoms with Crippen molar-refractivity contribution in [3.63, 3.8) is 0 Å². The molecule has 0 saturated heterocycles. The molecule has 15 heavy (non-hydrogen) atoms. The fourth-order valence-electron chi connectivity index (χ4n) is 1.23. The number of ether oxygens (including phenoxy) is 2. The van der Waals surface area contributed by atoms with Crippen LogP contribution in [0.3, 0.4) is 0 Å². The van der Waals surface area contributed by atoms with E-state index in [0.29, 0.717) is 6.61 Å². The topological polar surface area (TPSA) is 21.7 Å². The maximum absolute atomic E-state index is 6.06. The van der Waals surface area contributed by atoms with Gasteiger partial charge in [-0.25, -0.2) is 0 Å². The minimum absolute atomic E-state index is 0.0582. The quantitative estimate of drug-likeness (QED) is 0.603. The van der Waals surface area contributed by atoms with E-state index in [4.69, 9.17) is 21.1 Å². The van der Waals surface area contributed by atoms with Gasteiger partial charge in [-0.15, -0.1) is 11.6 Å². The summed E-state index contributed by atoms with van der Waals surface area (Å²) in [5, 5.41) is 0.0608. The molecule has 0 N–H and O–H groups in total. The molecule has 1 unspecified atom stereocenters. The highest BCUT2D eigenvalue weighted by molar-refractivity contribution is 6.20. The first kappa shape index (κ1) is 15.2. The van der Waals surface area contributed by atoms with Crippen LogP contribution < -0.4 is 0 Å². The first-order valence-corrected chi connectivity index (χ1v) is 5.71.